The molecule has 0 saturated carbocycles. The van der Waals surface area contributed by atoms with E-state index >= 15 is 0 Å². The second kappa shape index (κ2) is 5.63. The summed E-state index contributed by atoms with van der Waals surface area (Å²) in [7, 11) is -3.96. The van der Waals surface area contributed by atoms with E-state index in [-0.39, 0.29) is 19.0 Å². The molecule has 0 spiro atoms. The maximum absolute atomic E-state index is 11.9. The zero-order valence-electron chi connectivity index (χ0n) is 10.2. The summed E-state index contributed by atoms with van der Waals surface area (Å²) in [5.41, 5.74) is 0. The summed E-state index contributed by atoms with van der Waals surface area (Å²) in [6.45, 7) is 3.12. The van der Waals surface area contributed by atoms with Crippen LogP contribution < -0.4 is 10.0 Å². The number of carbonyl (C=O) groups excluding carboxylic acids is 1. The molecule has 1 unspecified atom stereocenters. The van der Waals surface area contributed by atoms with Crippen LogP contribution in [0.5, 0.6) is 0 Å². The van der Waals surface area contributed by atoms with Crippen molar-refractivity contribution in [1.82, 2.24) is 14.3 Å². The Morgan fingerprint density at radius 2 is 2.22 bits per heavy atom. The molecule has 1 aliphatic heterocycles. The molecule has 0 aromatic heterocycles. The largest absolute Gasteiger partial charge is 0.480 e. The molecule has 1 rings (SSSR count). The van der Waals surface area contributed by atoms with Crippen molar-refractivity contribution in [3.05, 3.63) is 0 Å². The van der Waals surface area contributed by atoms with Crippen molar-refractivity contribution in [1.29, 1.82) is 0 Å². The minimum atomic E-state index is -3.96. The van der Waals surface area contributed by atoms with Crippen LogP contribution in [0.15, 0.2) is 0 Å². The zero-order valence-corrected chi connectivity index (χ0v) is 11.0. The molecule has 1 atom stereocenters. The van der Waals surface area contributed by atoms with Crippen molar-refractivity contribution in [3.8, 4) is 0 Å². The van der Waals surface area contributed by atoms with Crippen molar-refractivity contribution in [2.45, 2.75) is 19.9 Å². The quantitative estimate of drug-likeness (QED) is 0.558. The Hall–Kier alpha value is -1.19. The predicted molar refractivity (Wildman–Crippen MR) is 62.9 cm³/mol. The maximum atomic E-state index is 11.9. The van der Waals surface area contributed by atoms with E-state index in [0.29, 0.717) is 4.31 Å². The fourth-order valence-electron chi connectivity index (χ4n) is 1.44. The van der Waals surface area contributed by atoms with Gasteiger partial charge in [-0.1, -0.05) is 13.8 Å². The Labute approximate surface area is 106 Å². The third kappa shape index (κ3) is 3.65. The van der Waals surface area contributed by atoms with Gasteiger partial charge in [-0.05, 0) is 5.92 Å². The number of hydrogen-bond acceptors (Lipinski definition) is 4. The maximum Gasteiger partial charge on any atom is 0.323 e. The number of nitrogens with zero attached hydrogens (tertiary/aromatic N) is 1. The third-order valence-corrected chi connectivity index (χ3v) is 3.94. The molecule has 1 aliphatic rings. The lowest BCUT2D eigenvalue weighted by atomic mass is 10.2. The van der Waals surface area contributed by atoms with Crippen LogP contribution in [0.3, 0.4) is 0 Å². The lowest BCUT2D eigenvalue weighted by Crippen LogP contribution is -2.61. The molecule has 0 radical (unpaired) electrons. The molecule has 18 heavy (non-hydrogen) atoms. The van der Waals surface area contributed by atoms with E-state index in [1.54, 1.807) is 0 Å². The summed E-state index contributed by atoms with van der Waals surface area (Å²) < 4.78 is 26.8. The van der Waals surface area contributed by atoms with Gasteiger partial charge < -0.3 is 10.4 Å². The Bertz CT molecular complexity index is 433. The fourth-order valence-corrected chi connectivity index (χ4v) is 2.93. The molecule has 1 heterocycles. The predicted octanol–water partition coefficient (Wildman–Crippen LogP) is -1.64. The van der Waals surface area contributed by atoms with E-state index in [2.05, 4.69) is 10.0 Å². The van der Waals surface area contributed by atoms with Crippen LogP contribution in [0, 0.1) is 5.92 Å². The Kier molecular flexibility index (Phi) is 4.65. The molecule has 0 aliphatic carbocycles. The molecule has 1 fully saturated rings. The van der Waals surface area contributed by atoms with Crippen molar-refractivity contribution >= 4 is 22.1 Å². The van der Waals surface area contributed by atoms with Gasteiger partial charge in [-0.2, -0.15) is 12.7 Å². The highest BCUT2D eigenvalue weighted by Crippen LogP contribution is 2.09. The summed E-state index contributed by atoms with van der Waals surface area (Å²) in [5, 5.41) is 11.3. The lowest BCUT2D eigenvalue weighted by Gasteiger charge is -2.31. The highest BCUT2D eigenvalue weighted by Gasteiger charge is 2.39. The SMILES string of the molecule is CC(C)CNS(=O)(=O)N1CC(=O)NCC1C(=O)O. The van der Waals surface area contributed by atoms with Gasteiger partial charge >= 0.3 is 5.97 Å². The van der Waals surface area contributed by atoms with Gasteiger partial charge in [0.25, 0.3) is 10.2 Å². The first-order valence-corrected chi connectivity index (χ1v) is 6.94. The molecular formula is C9H17N3O5S. The number of carboxylic acids is 1. The summed E-state index contributed by atoms with van der Waals surface area (Å²) in [6.07, 6.45) is 0. The topological polar surface area (TPSA) is 116 Å². The number of carboxylic acid groups (broad SMARTS) is 1. The number of hydrogen-bond donors (Lipinski definition) is 3. The fraction of sp³-hybridized carbons (Fsp3) is 0.778. The molecule has 1 saturated heterocycles. The molecular weight excluding hydrogens is 262 g/mol. The van der Waals surface area contributed by atoms with Gasteiger partial charge in [-0.15, -0.1) is 0 Å². The van der Waals surface area contributed by atoms with Crippen LogP contribution in [0.2, 0.25) is 0 Å². The summed E-state index contributed by atoms with van der Waals surface area (Å²) in [6, 6.07) is -1.27. The van der Waals surface area contributed by atoms with Gasteiger partial charge in [0.1, 0.15) is 6.04 Å². The highest BCUT2D eigenvalue weighted by molar-refractivity contribution is 7.87. The average molecular weight is 279 g/mol. The zero-order chi connectivity index (χ0) is 13.9. The van der Waals surface area contributed by atoms with Crippen LogP contribution in [-0.4, -0.2) is 55.4 Å². The summed E-state index contributed by atoms with van der Waals surface area (Å²) >= 11 is 0. The average Bonchev–Trinajstić information content (AvgIpc) is 2.26. The van der Waals surface area contributed by atoms with E-state index in [0.717, 1.165) is 0 Å². The standard InChI is InChI=1S/C9H17N3O5S/c1-6(2)3-11-18(16,17)12-5-8(13)10-4-7(12)9(14)15/h6-7,11H,3-5H2,1-2H3,(H,10,13)(H,14,15). The molecule has 0 aromatic carbocycles. The van der Waals surface area contributed by atoms with Gasteiger partial charge in [0.15, 0.2) is 0 Å². The normalized spacial score (nSPS) is 21.9. The highest BCUT2D eigenvalue weighted by atomic mass is 32.2. The first-order valence-electron chi connectivity index (χ1n) is 5.50. The Morgan fingerprint density at radius 1 is 1.61 bits per heavy atom. The van der Waals surface area contributed by atoms with Gasteiger partial charge in [0, 0.05) is 13.1 Å². The van der Waals surface area contributed by atoms with Crippen LogP contribution in [0.4, 0.5) is 0 Å². The first-order chi connectivity index (χ1) is 8.24. The van der Waals surface area contributed by atoms with Crippen molar-refractivity contribution < 1.29 is 23.1 Å². The van der Waals surface area contributed by atoms with Gasteiger partial charge in [-0.25, -0.2) is 4.72 Å². The molecule has 1 amide bonds. The molecule has 3 N–H and O–H groups in total. The van der Waals surface area contributed by atoms with Crippen LogP contribution in [0.1, 0.15) is 13.8 Å². The number of piperazine rings is 1. The summed E-state index contributed by atoms with van der Waals surface area (Å²) in [4.78, 5) is 22.2. The number of rotatable bonds is 5. The molecule has 0 aromatic rings. The third-order valence-electron chi connectivity index (χ3n) is 2.41. The number of amides is 1. The van der Waals surface area contributed by atoms with Crippen LogP contribution in [0.25, 0.3) is 0 Å². The minimum Gasteiger partial charge on any atom is -0.480 e. The number of nitrogens with one attached hydrogen (secondary N) is 2. The van der Waals surface area contributed by atoms with E-state index in [4.69, 9.17) is 5.11 Å². The molecule has 0 bridgehead atoms. The minimum absolute atomic E-state index is 0.0849. The number of carbonyl (C=O) groups is 2. The van der Waals surface area contributed by atoms with Crippen molar-refractivity contribution in [2.24, 2.45) is 5.92 Å². The van der Waals surface area contributed by atoms with Crippen molar-refractivity contribution in [3.63, 3.8) is 0 Å². The first kappa shape index (κ1) is 14.9. The molecule has 9 heteroatoms. The van der Waals surface area contributed by atoms with E-state index in [1.165, 1.54) is 0 Å². The van der Waals surface area contributed by atoms with Gasteiger partial charge in [-0.3, -0.25) is 9.59 Å². The Morgan fingerprint density at radius 3 is 2.72 bits per heavy atom. The lowest BCUT2D eigenvalue weighted by molar-refractivity contribution is -0.143. The van der Waals surface area contributed by atoms with Gasteiger partial charge in [0.2, 0.25) is 5.91 Å². The van der Waals surface area contributed by atoms with E-state index in [1.807, 2.05) is 13.8 Å². The second-order valence-electron chi connectivity index (χ2n) is 4.45. The second-order valence-corrected chi connectivity index (χ2v) is 6.16. The van der Waals surface area contributed by atoms with Crippen molar-refractivity contribution in [2.75, 3.05) is 19.6 Å². The van der Waals surface area contributed by atoms with Crippen LogP contribution >= 0.6 is 0 Å². The van der Waals surface area contributed by atoms with E-state index in [9.17, 15) is 18.0 Å². The monoisotopic (exact) mass is 279 g/mol. The van der Waals surface area contributed by atoms with Crippen LogP contribution in [-0.2, 0) is 19.8 Å². The molecule has 104 valence electrons. The summed E-state index contributed by atoms with van der Waals surface area (Å²) in [5.74, 6) is -1.71. The Balaban J connectivity index is 2.87. The van der Waals surface area contributed by atoms with E-state index < -0.39 is 34.7 Å². The van der Waals surface area contributed by atoms with Gasteiger partial charge in [0.05, 0.1) is 6.54 Å². The number of aliphatic carboxylic acids is 1. The smallest absolute Gasteiger partial charge is 0.323 e. The molecule has 8 nitrogen and oxygen atoms in total.